The van der Waals surface area contributed by atoms with Crippen molar-refractivity contribution in [2.24, 2.45) is 0 Å². The summed E-state index contributed by atoms with van der Waals surface area (Å²) < 4.78 is 0. The largest absolute Gasteiger partial charge is 0.398 e. The van der Waals surface area contributed by atoms with Gasteiger partial charge in [0, 0.05) is 10.6 Å². The molecule has 0 aliphatic rings. The topological polar surface area (TPSA) is 49.8 Å². The van der Waals surface area contributed by atoms with Gasteiger partial charge in [0.15, 0.2) is 0 Å². The molecule has 2 nitrogen and oxygen atoms in total. The first kappa shape index (κ1) is 11.2. The Kier molecular flexibility index (Phi) is 4.12. The summed E-state index contributed by atoms with van der Waals surface area (Å²) in [6.45, 7) is 2.05. The lowest BCUT2D eigenvalue weighted by molar-refractivity contribution is 1.13. The SMILES string of the molecule is CCc1cc(N)c(SCC#N)c(Cl)c1. The van der Waals surface area contributed by atoms with Crippen LogP contribution in [-0.2, 0) is 6.42 Å². The second kappa shape index (κ2) is 5.14. The number of anilines is 1. The summed E-state index contributed by atoms with van der Waals surface area (Å²) >= 11 is 7.41. The van der Waals surface area contributed by atoms with Crippen LogP contribution in [0.3, 0.4) is 0 Å². The molecule has 0 heterocycles. The number of hydrogen-bond acceptors (Lipinski definition) is 3. The average Bonchev–Trinajstić information content (AvgIpc) is 2.16. The van der Waals surface area contributed by atoms with Crippen molar-refractivity contribution < 1.29 is 0 Å². The van der Waals surface area contributed by atoms with Crippen LogP contribution in [0.2, 0.25) is 5.02 Å². The highest BCUT2D eigenvalue weighted by Gasteiger charge is 2.06. The van der Waals surface area contributed by atoms with Gasteiger partial charge < -0.3 is 5.73 Å². The van der Waals surface area contributed by atoms with Crippen molar-refractivity contribution in [3.05, 3.63) is 22.7 Å². The van der Waals surface area contributed by atoms with E-state index in [-0.39, 0.29) is 0 Å². The molecule has 74 valence electrons. The average molecular weight is 227 g/mol. The van der Waals surface area contributed by atoms with Crippen molar-refractivity contribution in [1.82, 2.24) is 0 Å². The Bertz CT molecular complexity index is 348. The quantitative estimate of drug-likeness (QED) is 0.637. The smallest absolute Gasteiger partial charge is 0.0856 e. The number of hydrogen-bond donors (Lipinski definition) is 1. The van der Waals surface area contributed by atoms with E-state index in [9.17, 15) is 0 Å². The monoisotopic (exact) mass is 226 g/mol. The normalized spacial score (nSPS) is 9.79. The Morgan fingerprint density at radius 3 is 2.79 bits per heavy atom. The summed E-state index contributed by atoms with van der Waals surface area (Å²) in [5.41, 5.74) is 7.60. The van der Waals surface area contributed by atoms with E-state index < -0.39 is 0 Å². The molecule has 0 amide bonds. The van der Waals surface area contributed by atoms with E-state index in [2.05, 4.69) is 0 Å². The Labute approximate surface area is 93.1 Å². The zero-order chi connectivity index (χ0) is 10.6. The fourth-order valence-electron chi connectivity index (χ4n) is 1.13. The van der Waals surface area contributed by atoms with Crippen LogP contribution < -0.4 is 5.73 Å². The summed E-state index contributed by atoms with van der Waals surface area (Å²) in [5.74, 6) is 0.370. The van der Waals surface area contributed by atoms with Crippen LogP contribution in [0, 0.1) is 11.3 Å². The first-order valence-corrected chi connectivity index (χ1v) is 5.63. The molecule has 1 aromatic carbocycles. The molecule has 1 aromatic rings. The van der Waals surface area contributed by atoms with Crippen molar-refractivity contribution in [3.8, 4) is 6.07 Å². The maximum Gasteiger partial charge on any atom is 0.0856 e. The minimum absolute atomic E-state index is 0.370. The lowest BCUT2D eigenvalue weighted by Crippen LogP contribution is -1.93. The zero-order valence-electron chi connectivity index (χ0n) is 7.88. The molecule has 0 aliphatic carbocycles. The summed E-state index contributed by atoms with van der Waals surface area (Å²) in [6, 6.07) is 5.86. The van der Waals surface area contributed by atoms with E-state index >= 15 is 0 Å². The van der Waals surface area contributed by atoms with Crippen LogP contribution in [-0.4, -0.2) is 5.75 Å². The van der Waals surface area contributed by atoms with Gasteiger partial charge in [0.2, 0.25) is 0 Å². The molecular weight excluding hydrogens is 216 g/mol. The summed E-state index contributed by atoms with van der Waals surface area (Å²) in [7, 11) is 0. The van der Waals surface area contributed by atoms with Gasteiger partial charge >= 0.3 is 0 Å². The third-order valence-corrected chi connectivity index (χ3v) is 3.25. The second-order valence-corrected chi connectivity index (χ2v) is 4.19. The maximum atomic E-state index is 8.46. The van der Waals surface area contributed by atoms with E-state index in [4.69, 9.17) is 22.6 Å². The molecule has 0 aliphatic heterocycles. The highest BCUT2D eigenvalue weighted by molar-refractivity contribution is 7.99. The zero-order valence-corrected chi connectivity index (χ0v) is 9.45. The fraction of sp³-hybridized carbons (Fsp3) is 0.300. The van der Waals surface area contributed by atoms with Crippen LogP contribution in [0.25, 0.3) is 0 Å². The van der Waals surface area contributed by atoms with Crippen molar-refractivity contribution >= 4 is 29.1 Å². The van der Waals surface area contributed by atoms with Gasteiger partial charge in [0.25, 0.3) is 0 Å². The molecule has 4 heteroatoms. The number of aryl methyl sites for hydroxylation is 1. The lowest BCUT2D eigenvalue weighted by atomic mass is 10.1. The fourth-order valence-corrected chi connectivity index (χ4v) is 2.18. The van der Waals surface area contributed by atoms with E-state index in [0.717, 1.165) is 16.9 Å². The summed E-state index contributed by atoms with van der Waals surface area (Å²) in [4.78, 5) is 0.811. The van der Waals surface area contributed by atoms with Crippen LogP contribution >= 0.6 is 23.4 Å². The molecule has 0 radical (unpaired) electrons. The first-order chi connectivity index (χ1) is 6.69. The molecule has 0 saturated heterocycles. The highest BCUT2D eigenvalue weighted by Crippen LogP contribution is 2.33. The highest BCUT2D eigenvalue weighted by atomic mass is 35.5. The number of rotatable bonds is 3. The minimum atomic E-state index is 0.370. The van der Waals surface area contributed by atoms with Gasteiger partial charge in [0.1, 0.15) is 0 Å². The number of halogens is 1. The number of nitrogens with two attached hydrogens (primary N) is 1. The molecule has 0 unspecified atom stereocenters. The van der Waals surface area contributed by atoms with Crippen molar-refractivity contribution in [2.45, 2.75) is 18.2 Å². The Morgan fingerprint density at radius 2 is 2.29 bits per heavy atom. The van der Waals surface area contributed by atoms with Crippen LogP contribution in [0.1, 0.15) is 12.5 Å². The van der Waals surface area contributed by atoms with Crippen molar-refractivity contribution in [3.63, 3.8) is 0 Å². The minimum Gasteiger partial charge on any atom is -0.398 e. The van der Waals surface area contributed by atoms with Crippen molar-refractivity contribution in [2.75, 3.05) is 11.5 Å². The molecule has 0 fully saturated rings. The van der Waals surface area contributed by atoms with Gasteiger partial charge in [-0.15, -0.1) is 11.8 Å². The molecule has 0 aromatic heterocycles. The van der Waals surface area contributed by atoms with Crippen LogP contribution in [0.15, 0.2) is 17.0 Å². The second-order valence-electron chi connectivity index (χ2n) is 2.80. The van der Waals surface area contributed by atoms with E-state index in [1.165, 1.54) is 11.8 Å². The number of nitriles is 1. The number of thioether (sulfide) groups is 1. The predicted octanol–water partition coefficient (Wildman–Crippen LogP) is 3.10. The van der Waals surface area contributed by atoms with E-state index in [0.29, 0.717) is 16.5 Å². The van der Waals surface area contributed by atoms with Gasteiger partial charge in [-0.3, -0.25) is 0 Å². The van der Waals surface area contributed by atoms with E-state index in [1.807, 2.05) is 25.1 Å². The maximum absolute atomic E-state index is 8.46. The molecule has 2 N–H and O–H groups in total. The summed E-state index contributed by atoms with van der Waals surface area (Å²) in [5, 5.41) is 9.10. The number of benzene rings is 1. The molecular formula is C10H11ClN2S. The molecule has 1 rings (SSSR count). The molecule has 0 spiro atoms. The van der Waals surface area contributed by atoms with Gasteiger partial charge in [-0.25, -0.2) is 0 Å². The van der Waals surface area contributed by atoms with Gasteiger partial charge in [-0.2, -0.15) is 5.26 Å². The number of nitrogens with zero attached hydrogens (tertiary/aromatic N) is 1. The van der Waals surface area contributed by atoms with E-state index in [1.54, 1.807) is 0 Å². The Morgan fingerprint density at radius 1 is 1.57 bits per heavy atom. The molecule has 14 heavy (non-hydrogen) atoms. The molecule has 0 atom stereocenters. The van der Waals surface area contributed by atoms with Gasteiger partial charge in [-0.1, -0.05) is 18.5 Å². The Balaban J connectivity index is 3.00. The third-order valence-electron chi connectivity index (χ3n) is 1.82. The molecule has 0 saturated carbocycles. The van der Waals surface area contributed by atoms with Gasteiger partial charge in [-0.05, 0) is 24.1 Å². The van der Waals surface area contributed by atoms with Crippen LogP contribution in [0.5, 0.6) is 0 Å². The summed E-state index contributed by atoms with van der Waals surface area (Å²) in [6.07, 6.45) is 0.910. The predicted molar refractivity (Wildman–Crippen MR) is 61.6 cm³/mol. The van der Waals surface area contributed by atoms with Crippen LogP contribution in [0.4, 0.5) is 5.69 Å². The van der Waals surface area contributed by atoms with Gasteiger partial charge in [0.05, 0.1) is 16.8 Å². The number of nitrogen functional groups attached to an aromatic ring is 1. The standard InChI is InChI=1S/C10H11ClN2S/c1-2-7-5-8(11)10(9(13)6-7)14-4-3-12/h5-6H,2,4,13H2,1H3. The third kappa shape index (κ3) is 2.57. The lowest BCUT2D eigenvalue weighted by Gasteiger charge is -2.07. The Hall–Kier alpha value is -0.850. The molecule has 0 bridgehead atoms. The van der Waals surface area contributed by atoms with Crippen molar-refractivity contribution in [1.29, 1.82) is 5.26 Å². The first-order valence-electron chi connectivity index (χ1n) is 4.26.